The monoisotopic (exact) mass is 303 g/mol. The van der Waals surface area contributed by atoms with Gasteiger partial charge < -0.3 is 9.13 Å². The van der Waals surface area contributed by atoms with E-state index in [4.69, 9.17) is 11.6 Å². The van der Waals surface area contributed by atoms with E-state index in [-0.39, 0.29) is 16.7 Å². The van der Waals surface area contributed by atoms with Crippen LogP contribution in [0.5, 0.6) is 0 Å². The van der Waals surface area contributed by atoms with Gasteiger partial charge in [0.1, 0.15) is 11.0 Å². The number of nitrogens with one attached hydrogen (secondary N) is 1. The summed E-state index contributed by atoms with van der Waals surface area (Å²) in [6, 6.07) is 0. The molecule has 0 atom stereocenters. The summed E-state index contributed by atoms with van der Waals surface area (Å²) in [5.74, 6) is 0.801. The molecule has 19 heavy (non-hydrogen) atoms. The van der Waals surface area contributed by atoms with E-state index in [1.807, 2.05) is 11.6 Å². The van der Waals surface area contributed by atoms with Crippen molar-refractivity contribution in [2.45, 2.75) is 11.4 Å². The topological polar surface area (TPSA) is 81.8 Å². The highest BCUT2D eigenvalue weighted by molar-refractivity contribution is 7.89. The molecule has 0 spiro atoms. The van der Waals surface area contributed by atoms with Gasteiger partial charge in [0.05, 0.1) is 6.33 Å². The first-order valence-electron chi connectivity index (χ1n) is 5.54. The summed E-state index contributed by atoms with van der Waals surface area (Å²) >= 11 is 5.86. The van der Waals surface area contributed by atoms with Crippen molar-refractivity contribution < 1.29 is 8.42 Å². The number of nitrogens with zero attached hydrogens (tertiary/aromatic N) is 4. The van der Waals surface area contributed by atoms with E-state index >= 15 is 0 Å². The maximum absolute atomic E-state index is 12.0. The first kappa shape index (κ1) is 14.0. The highest BCUT2D eigenvalue weighted by Crippen LogP contribution is 2.17. The van der Waals surface area contributed by atoms with Crippen LogP contribution >= 0.6 is 11.6 Å². The van der Waals surface area contributed by atoms with Crippen molar-refractivity contribution in [3.05, 3.63) is 29.7 Å². The lowest BCUT2D eigenvalue weighted by atomic mass is 10.4. The lowest BCUT2D eigenvalue weighted by Gasteiger charge is -2.05. The molecule has 9 heteroatoms. The van der Waals surface area contributed by atoms with Crippen LogP contribution in [0.4, 0.5) is 0 Å². The SMILES string of the molecule is Cn1ccnc1CCNS(=O)(=O)c1ncn(C)c1Cl. The Bertz CT molecular complexity index is 676. The predicted octanol–water partition coefficient (Wildman–Crippen LogP) is 0.328. The second kappa shape index (κ2) is 5.32. The van der Waals surface area contributed by atoms with Crippen LogP contribution in [0, 0.1) is 0 Å². The van der Waals surface area contributed by atoms with Crippen LogP contribution in [-0.2, 0) is 30.5 Å². The van der Waals surface area contributed by atoms with Gasteiger partial charge in [-0.3, -0.25) is 0 Å². The lowest BCUT2D eigenvalue weighted by molar-refractivity contribution is 0.577. The first-order chi connectivity index (χ1) is 8.92. The van der Waals surface area contributed by atoms with E-state index < -0.39 is 10.0 Å². The van der Waals surface area contributed by atoms with Crippen LogP contribution in [0.3, 0.4) is 0 Å². The molecule has 0 fully saturated rings. The maximum atomic E-state index is 12.0. The number of rotatable bonds is 5. The third kappa shape index (κ3) is 2.96. The third-order valence-corrected chi connectivity index (χ3v) is 4.60. The molecule has 1 N–H and O–H groups in total. The van der Waals surface area contributed by atoms with Gasteiger partial charge in [0.2, 0.25) is 5.03 Å². The number of aryl methyl sites for hydroxylation is 2. The van der Waals surface area contributed by atoms with Crippen molar-refractivity contribution in [1.82, 2.24) is 23.8 Å². The van der Waals surface area contributed by atoms with Crippen LogP contribution in [0.15, 0.2) is 23.7 Å². The van der Waals surface area contributed by atoms with Gasteiger partial charge in [0, 0.05) is 39.5 Å². The Morgan fingerprint density at radius 3 is 2.58 bits per heavy atom. The van der Waals surface area contributed by atoms with Crippen molar-refractivity contribution in [2.24, 2.45) is 14.1 Å². The zero-order valence-corrected chi connectivity index (χ0v) is 12.1. The molecular formula is C10H14ClN5O2S. The van der Waals surface area contributed by atoms with Crippen LogP contribution in [-0.4, -0.2) is 34.1 Å². The Hall–Kier alpha value is -1.38. The highest BCUT2D eigenvalue weighted by atomic mass is 35.5. The van der Waals surface area contributed by atoms with E-state index in [0.717, 1.165) is 5.82 Å². The van der Waals surface area contributed by atoms with Gasteiger partial charge in [-0.1, -0.05) is 11.6 Å². The molecule has 0 aliphatic carbocycles. The van der Waals surface area contributed by atoms with Gasteiger partial charge >= 0.3 is 0 Å². The molecule has 0 radical (unpaired) electrons. The van der Waals surface area contributed by atoms with E-state index in [1.54, 1.807) is 19.4 Å². The standard InChI is InChI=1S/C10H14ClN5O2S/c1-15-6-5-12-8(15)3-4-14-19(17,18)10-9(11)16(2)7-13-10/h5-7,14H,3-4H2,1-2H3. The molecule has 0 saturated carbocycles. The maximum Gasteiger partial charge on any atom is 0.261 e. The number of aromatic nitrogens is 4. The largest absolute Gasteiger partial charge is 0.338 e. The molecule has 0 aliphatic heterocycles. The molecule has 0 aliphatic rings. The fourth-order valence-electron chi connectivity index (χ4n) is 1.58. The van der Waals surface area contributed by atoms with Gasteiger partial charge in [0.25, 0.3) is 10.0 Å². The molecule has 2 aromatic rings. The van der Waals surface area contributed by atoms with Crippen LogP contribution in [0.25, 0.3) is 0 Å². The Morgan fingerprint density at radius 1 is 1.32 bits per heavy atom. The molecule has 0 amide bonds. The summed E-state index contributed by atoms with van der Waals surface area (Å²) in [6.45, 7) is 0.236. The minimum absolute atomic E-state index is 0.0875. The van der Waals surface area contributed by atoms with Crippen molar-refractivity contribution in [3.8, 4) is 0 Å². The van der Waals surface area contributed by atoms with Gasteiger partial charge in [-0.25, -0.2) is 23.1 Å². The van der Waals surface area contributed by atoms with Crippen molar-refractivity contribution in [3.63, 3.8) is 0 Å². The van der Waals surface area contributed by atoms with Gasteiger partial charge in [0.15, 0.2) is 0 Å². The van der Waals surface area contributed by atoms with E-state index in [0.29, 0.717) is 6.42 Å². The molecule has 0 aromatic carbocycles. The summed E-state index contributed by atoms with van der Waals surface area (Å²) in [4.78, 5) is 7.89. The molecular weight excluding hydrogens is 290 g/mol. The summed E-state index contributed by atoms with van der Waals surface area (Å²) in [5, 5.41) is -0.0685. The Labute approximate surface area is 116 Å². The normalized spacial score (nSPS) is 11.9. The fraction of sp³-hybridized carbons (Fsp3) is 0.400. The number of imidazole rings is 2. The van der Waals surface area contributed by atoms with Gasteiger partial charge in [-0.15, -0.1) is 0 Å². The van der Waals surface area contributed by atoms with Gasteiger partial charge in [-0.2, -0.15) is 0 Å². The van der Waals surface area contributed by atoms with E-state index in [2.05, 4.69) is 14.7 Å². The zero-order valence-electron chi connectivity index (χ0n) is 10.5. The molecule has 0 bridgehead atoms. The summed E-state index contributed by atoms with van der Waals surface area (Å²) in [5.41, 5.74) is 0. The van der Waals surface area contributed by atoms with Crippen molar-refractivity contribution >= 4 is 21.6 Å². The molecule has 2 aromatic heterocycles. The Morgan fingerprint density at radius 2 is 2.05 bits per heavy atom. The van der Waals surface area contributed by atoms with Crippen LogP contribution in [0.2, 0.25) is 5.15 Å². The summed E-state index contributed by atoms with van der Waals surface area (Å²) < 4.78 is 29.7. The lowest BCUT2D eigenvalue weighted by Crippen LogP contribution is -2.27. The molecule has 2 heterocycles. The first-order valence-corrected chi connectivity index (χ1v) is 7.40. The van der Waals surface area contributed by atoms with Crippen LogP contribution < -0.4 is 4.72 Å². The van der Waals surface area contributed by atoms with Crippen LogP contribution in [0.1, 0.15) is 5.82 Å². The van der Waals surface area contributed by atoms with Crippen molar-refractivity contribution in [1.29, 1.82) is 0 Å². The minimum atomic E-state index is -3.69. The molecule has 2 rings (SSSR count). The number of hydrogen-bond acceptors (Lipinski definition) is 4. The predicted molar refractivity (Wildman–Crippen MR) is 70.3 cm³/mol. The quantitative estimate of drug-likeness (QED) is 0.863. The average molecular weight is 304 g/mol. The van der Waals surface area contributed by atoms with Crippen molar-refractivity contribution in [2.75, 3.05) is 6.54 Å². The Kier molecular flexibility index (Phi) is 3.93. The molecule has 0 unspecified atom stereocenters. The number of hydrogen-bond donors (Lipinski definition) is 1. The summed E-state index contributed by atoms with van der Waals surface area (Å²) in [7, 11) is -0.206. The zero-order chi connectivity index (χ0) is 14.0. The highest BCUT2D eigenvalue weighted by Gasteiger charge is 2.21. The third-order valence-electron chi connectivity index (χ3n) is 2.65. The molecule has 7 nitrogen and oxygen atoms in total. The van der Waals surface area contributed by atoms with E-state index in [1.165, 1.54) is 10.9 Å². The van der Waals surface area contributed by atoms with E-state index in [9.17, 15) is 8.42 Å². The molecule has 104 valence electrons. The second-order valence-corrected chi connectivity index (χ2v) is 6.09. The summed E-state index contributed by atoms with van der Waals surface area (Å²) in [6.07, 6.45) is 5.32. The number of sulfonamides is 1. The average Bonchev–Trinajstić information content (AvgIpc) is 2.88. The second-order valence-electron chi connectivity index (χ2n) is 4.05. The smallest absolute Gasteiger partial charge is 0.261 e. The van der Waals surface area contributed by atoms with Gasteiger partial charge in [-0.05, 0) is 0 Å². The Balaban J connectivity index is 2.03. The number of halogens is 1. The molecule has 0 saturated heterocycles. The minimum Gasteiger partial charge on any atom is -0.338 e. The fourth-order valence-corrected chi connectivity index (χ4v) is 3.03.